The maximum atomic E-state index is 12.4. The van der Waals surface area contributed by atoms with Crippen LogP contribution >= 0.6 is 0 Å². The molecular formula is C26H23N5O3. The van der Waals surface area contributed by atoms with Gasteiger partial charge in [0, 0.05) is 30.5 Å². The maximum Gasteiger partial charge on any atom is 0.262 e. The molecule has 1 aliphatic rings. The number of carbonyl (C=O) groups is 2. The van der Waals surface area contributed by atoms with E-state index in [-0.39, 0.29) is 18.4 Å². The molecule has 0 fully saturated rings. The van der Waals surface area contributed by atoms with Crippen LogP contribution in [0.5, 0.6) is 5.75 Å². The van der Waals surface area contributed by atoms with Crippen LogP contribution in [0, 0.1) is 6.92 Å². The molecule has 0 saturated heterocycles. The average molecular weight is 454 g/mol. The van der Waals surface area contributed by atoms with Crippen LogP contribution in [0.2, 0.25) is 0 Å². The molecule has 3 N–H and O–H groups in total. The number of nitrogens with zero attached hydrogens (tertiary/aromatic N) is 2. The van der Waals surface area contributed by atoms with Crippen molar-refractivity contribution in [1.82, 2.24) is 20.3 Å². The summed E-state index contributed by atoms with van der Waals surface area (Å²) in [5.41, 5.74) is 5.36. The highest BCUT2D eigenvalue weighted by Crippen LogP contribution is 2.29. The molecule has 0 spiro atoms. The molecule has 0 bridgehead atoms. The van der Waals surface area contributed by atoms with Crippen LogP contribution in [-0.2, 0) is 11.2 Å². The molecule has 0 saturated carbocycles. The Morgan fingerprint density at radius 1 is 1.09 bits per heavy atom. The van der Waals surface area contributed by atoms with E-state index in [9.17, 15) is 9.59 Å². The molecule has 2 aromatic heterocycles. The molecule has 34 heavy (non-hydrogen) atoms. The summed E-state index contributed by atoms with van der Waals surface area (Å²) in [6.45, 7) is 2.40. The lowest BCUT2D eigenvalue weighted by molar-refractivity contribution is -0.118. The first-order valence-corrected chi connectivity index (χ1v) is 11.0. The van der Waals surface area contributed by atoms with Crippen LogP contribution in [-0.4, -0.2) is 39.9 Å². The minimum atomic E-state index is -0.256. The van der Waals surface area contributed by atoms with Gasteiger partial charge >= 0.3 is 0 Å². The van der Waals surface area contributed by atoms with Crippen LogP contribution in [0.3, 0.4) is 0 Å². The Hall–Kier alpha value is -4.46. The molecule has 2 aromatic carbocycles. The van der Waals surface area contributed by atoms with Gasteiger partial charge in [0.25, 0.3) is 11.8 Å². The van der Waals surface area contributed by atoms with Gasteiger partial charge in [0.05, 0.1) is 22.5 Å². The number of aromatic nitrogens is 3. The van der Waals surface area contributed by atoms with Gasteiger partial charge in [-0.2, -0.15) is 0 Å². The normalized spacial score (nSPS) is 12.6. The standard InChI is InChI=1S/C26H23N5O3/c1-16-6-2-4-8-19(16)30-24(32)15-34-23-9-5-3-7-17(23)25-27-12-11-21(31-25)22-14-18-20(29-22)10-13-28-26(18)33/h2-9,11-12,14,29H,10,13,15H2,1H3,(H,28,33)(H,30,32). The lowest BCUT2D eigenvalue weighted by Crippen LogP contribution is -2.31. The van der Waals surface area contributed by atoms with E-state index < -0.39 is 0 Å². The Morgan fingerprint density at radius 2 is 1.91 bits per heavy atom. The number of hydrogen-bond acceptors (Lipinski definition) is 5. The SMILES string of the molecule is Cc1ccccc1NC(=O)COc1ccccc1-c1nccc(-c2cc3c([nH]2)CCNC3=O)n1. The molecule has 8 heteroatoms. The number of benzene rings is 2. The second-order valence-corrected chi connectivity index (χ2v) is 7.99. The third-order valence-corrected chi connectivity index (χ3v) is 5.64. The number of anilines is 1. The zero-order valence-electron chi connectivity index (χ0n) is 18.6. The van der Waals surface area contributed by atoms with Crippen molar-refractivity contribution in [3.63, 3.8) is 0 Å². The van der Waals surface area contributed by atoms with Crippen molar-refractivity contribution >= 4 is 17.5 Å². The second kappa shape index (κ2) is 9.19. The van der Waals surface area contributed by atoms with Crippen LogP contribution in [0.15, 0.2) is 66.9 Å². The molecule has 1 aliphatic heterocycles. The first kappa shape index (κ1) is 21.4. The Kier molecular flexibility index (Phi) is 5.78. The Labute approximate surface area is 196 Å². The van der Waals surface area contributed by atoms with E-state index in [1.165, 1.54) is 0 Å². The minimum absolute atomic E-state index is 0.0826. The van der Waals surface area contributed by atoms with E-state index in [4.69, 9.17) is 9.72 Å². The molecule has 2 amide bonds. The number of fused-ring (bicyclic) bond motifs is 1. The fourth-order valence-electron chi connectivity index (χ4n) is 3.89. The fraction of sp³-hybridized carbons (Fsp3) is 0.154. The Morgan fingerprint density at radius 3 is 2.76 bits per heavy atom. The number of aryl methyl sites for hydroxylation is 1. The lowest BCUT2D eigenvalue weighted by atomic mass is 10.1. The van der Waals surface area contributed by atoms with Crippen molar-refractivity contribution in [2.24, 2.45) is 0 Å². The van der Waals surface area contributed by atoms with Gasteiger partial charge in [-0.1, -0.05) is 30.3 Å². The highest BCUT2D eigenvalue weighted by atomic mass is 16.5. The van der Waals surface area contributed by atoms with E-state index in [1.807, 2.05) is 55.5 Å². The molecule has 0 aliphatic carbocycles. The summed E-state index contributed by atoms with van der Waals surface area (Å²) in [6.07, 6.45) is 2.42. The van der Waals surface area contributed by atoms with E-state index in [1.54, 1.807) is 18.3 Å². The summed E-state index contributed by atoms with van der Waals surface area (Å²) in [5.74, 6) is 0.629. The van der Waals surface area contributed by atoms with Crippen LogP contribution < -0.4 is 15.4 Å². The predicted octanol–water partition coefficient (Wildman–Crippen LogP) is 3.75. The lowest BCUT2D eigenvalue weighted by Gasteiger charge is -2.12. The van der Waals surface area contributed by atoms with Crippen molar-refractivity contribution in [2.75, 3.05) is 18.5 Å². The first-order chi connectivity index (χ1) is 16.6. The maximum absolute atomic E-state index is 12.4. The van der Waals surface area contributed by atoms with Crippen LogP contribution in [0.25, 0.3) is 22.8 Å². The quantitative estimate of drug-likeness (QED) is 0.412. The second-order valence-electron chi connectivity index (χ2n) is 7.99. The molecular weight excluding hydrogens is 430 g/mol. The smallest absolute Gasteiger partial charge is 0.262 e. The van der Waals surface area contributed by atoms with Gasteiger partial charge in [-0.15, -0.1) is 0 Å². The van der Waals surface area contributed by atoms with Gasteiger partial charge in [0.15, 0.2) is 12.4 Å². The van der Waals surface area contributed by atoms with Crippen molar-refractivity contribution in [3.05, 3.63) is 83.7 Å². The van der Waals surface area contributed by atoms with Crippen LogP contribution in [0.4, 0.5) is 5.69 Å². The zero-order valence-corrected chi connectivity index (χ0v) is 18.6. The van der Waals surface area contributed by atoms with Gasteiger partial charge in [0.2, 0.25) is 0 Å². The number of para-hydroxylation sites is 2. The van der Waals surface area contributed by atoms with E-state index in [2.05, 4.69) is 20.6 Å². The third kappa shape index (κ3) is 4.38. The monoisotopic (exact) mass is 453 g/mol. The summed E-state index contributed by atoms with van der Waals surface area (Å²) in [6, 6.07) is 18.5. The van der Waals surface area contributed by atoms with E-state index >= 15 is 0 Å². The number of amides is 2. The van der Waals surface area contributed by atoms with E-state index in [0.29, 0.717) is 34.9 Å². The van der Waals surface area contributed by atoms with Crippen molar-refractivity contribution < 1.29 is 14.3 Å². The highest BCUT2D eigenvalue weighted by molar-refractivity contribution is 5.97. The molecule has 5 rings (SSSR count). The molecule has 8 nitrogen and oxygen atoms in total. The molecule has 3 heterocycles. The minimum Gasteiger partial charge on any atom is -0.483 e. The molecule has 170 valence electrons. The van der Waals surface area contributed by atoms with Crippen molar-refractivity contribution in [1.29, 1.82) is 0 Å². The number of rotatable bonds is 6. The molecule has 0 unspecified atom stereocenters. The number of nitrogens with one attached hydrogen (secondary N) is 3. The zero-order chi connectivity index (χ0) is 23.5. The average Bonchev–Trinajstić information content (AvgIpc) is 3.30. The largest absolute Gasteiger partial charge is 0.483 e. The van der Waals surface area contributed by atoms with Gasteiger partial charge in [-0.25, -0.2) is 9.97 Å². The number of ether oxygens (including phenoxy) is 1. The molecule has 4 aromatic rings. The van der Waals surface area contributed by atoms with Gasteiger partial charge in [-0.3, -0.25) is 9.59 Å². The summed E-state index contributed by atoms with van der Waals surface area (Å²) < 4.78 is 5.84. The van der Waals surface area contributed by atoms with Gasteiger partial charge in [0.1, 0.15) is 5.75 Å². The van der Waals surface area contributed by atoms with E-state index in [0.717, 1.165) is 29.1 Å². The summed E-state index contributed by atoms with van der Waals surface area (Å²) in [7, 11) is 0. The topological polar surface area (TPSA) is 109 Å². The molecule has 0 atom stereocenters. The fourth-order valence-corrected chi connectivity index (χ4v) is 3.89. The van der Waals surface area contributed by atoms with Crippen molar-refractivity contribution in [3.8, 4) is 28.5 Å². The third-order valence-electron chi connectivity index (χ3n) is 5.64. The van der Waals surface area contributed by atoms with Crippen molar-refractivity contribution in [2.45, 2.75) is 13.3 Å². The Balaban J connectivity index is 1.36. The molecule has 0 radical (unpaired) electrons. The van der Waals surface area contributed by atoms with Gasteiger partial charge in [-0.05, 0) is 42.8 Å². The number of aromatic amines is 1. The Bertz CT molecular complexity index is 1380. The first-order valence-electron chi connectivity index (χ1n) is 11.0. The van der Waals surface area contributed by atoms with Gasteiger partial charge < -0.3 is 20.4 Å². The highest BCUT2D eigenvalue weighted by Gasteiger charge is 2.21. The summed E-state index contributed by atoms with van der Waals surface area (Å²) in [5, 5.41) is 5.71. The summed E-state index contributed by atoms with van der Waals surface area (Å²) >= 11 is 0. The summed E-state index contributed by atoms with van der Waals surface area (Å²) in [4.78, 5) is 37.0. The number of carbonyl (C=O) groups excluding carboxylic acids is 2. The predicted molar refractivity (Wildman–Crippen MR) is 129 cm³/mol. The van der Waals surface area contributed by atoms with Crippen LogP contribution in [0.1, 0.15) is 21.6 Å². The number of H-pyrrole nitrogens is 1. The number of hydrogen-bond donors (Lipinski definition) is 3.